The average molecular weight is 404 g/mol. The van der Waals surface area contributed by atoms with Crippen molar-refractivity contribution in [2.24, 2.45) is 0 Å². The van der Waals surface area contributed by atoms with Gasteiger partial charge in [-0.2, -0.15) is 0 Å². The summed E-state index contributed by atoms with van der Waals surface area (Å²) in [4.78, 5) is 21.2. The van der Waals surface area contributed by atoms with Crippen molar-refractivity contribution >= 4 is 29.0 Å². The lowest BCUT2D eigenvalue weighted by atomic mass is 9.95. The van der Waals surface area contributed by atoms with E-state index in [0.717, 1.165) is 30.2 Å². The van der Waals surface area contributed by atoms with Crippen LogP contribution in [-0.4, -0.2) is 32.7 Å². The summed E-state index contributed by atoms with van der Waals surface area (Å²) < 4.78 is 2.42. The number of aryl methyl sites for hydroxylation is 1. The number of amides is 1. The molecule has 1 aliphatic heterocycles. The topological polar surface area (TPSA) is 38.1 Å². The van der Waals surface area contributed by atoms with Crippen molar-refractivity contribution in [2.75, 3.05) is 12.3 Å². The molecule has 0 N–H and O–H groups in total. The normalized spacial score (nSPS) is 21.1. The number of nitrogens with zero attached hydrogens (tertiary/aromatic N) is 3. The highest BCUT2D eigenvalue weighted by molar-refractivity contribution is 7.99. The summed E-state index contributed by atoms with van der Waals surface area (Å²) in [6.07, 6.45) is 8.64. The van der Waals surface area contributed by atoms with Gasteiger partial charge in [-0.05, 0) is 51.0 Å². The number of aromatic nitrogens is 2. The molecule has 0 bridgehead atoms. The Labute approximate surface area is 170 Å². The maximum absolute atomic E-state index is 13.0. The molecule has 1 unspecified atom stereocenters. The standard InChI is InChI=1S/C21H29N3OS2/c1-15-16(2)24(17-8-4-3-5-9-17)21(22-15)27-14-20(25)23-12-6-10-18(23)19-11-7-13-26-19/h7,11,13,17-18H,3-6,8-10,12,14H2,1-2H3. The minimum absolute atomic E-state index is 0.254. The van der Waals surface area contributed by atoms with Gasteiger partial charge in [-0.15, -0.1) is 11.3 Å². The van der Waals surface area contributed by atoms with Gasteiger partial charge in [-0.25, -0.2) is 4.98 Å². The van der Waals surface area contributed by atoms with Crippen molar-refractivity contribution in [3.63, 3.8) is 0 Å². The number of imidazole rings is 1. The summed E-state index contributed by atoms with van der Waals surface area (Å²) in [6, 6.07) is 5.08. The molecule has 2 fully saturated rings. The summed E-state index contributed by atoms with van der Waals surface area (Å²) in [5.74, 6) is 0.745. The third kappa shape index (κ3) is 3.97. The van der Waals surface area contributed by atoms with E-state index < -0.39 is 0 Å². The molecule has 0 spiro atoms. The van der Waals surface area contributed by atoms with Crippen LogP contribution < -0.4 is 0 Å². The van der Waals surface area contributed by atoms with Crippen LogP contribution in [0.2, 0.25) is 0 Å². The second kappa shape index (κ2) is 8.39. The van der Waals surface area contributed by atoms with Crippen molar-refractivity contribution in [3.05, 3.63) is 33.8 Å². The second-order valence-corrected chi connectivity index (χ2v) is 9.70. The Kier molecular flexibility index (Phi) is 5.93. The molecule has 4 rings (SSSR count). The van der Waals surface area contributed by atoms with E-state index in [4.69, 9.17) is 4.98 Å². The number of rotatable bonds is 5. The zero-order valence-electron chi connectivity index (χ0n) is 16.3. The van der Waals surface area contributed by atoms with Gasteiger partial charge in [0.05, 0.1) is 17.5 Å². The van der Waals surface area contributed by atoms with E-state index in [1.54, 1.807) is 23.1 Å². The third-order valence-corrected chi connectivity index (χ3v) is 7.97. The fourth-order valence-electron chi connectivity index (χ4n) is 4.52. The van der Waals surface area contributed by atoms with Crippen LogP contribution in [0.5, 0.6) is 0 Å². The fourth-order valence-corrected chi connectivity index (χ4v) is 6.44. The maximum atomic E-state index is 13.0. The molecule has 146 valence electrons. The number of hydrogen-bond donors (Lipinski definition) is 0. The lowest BCUT2D eigenvalue weighted by Crippen LogP contribution is -2.31. The highest BCUT2D eigenvalue weighted by Crippen LogP contribution is 2.37. The van der Waals surface area contributed by atoms with E-state index in [1.165, 1.54) is 42.7 Å². The van der Waals surface area contributed by atoms with E-state index in [0.29, 0.717) is 11.8 Å². The second-order valence-electron chi connectivity index (χ2n) is 7.78. The summed E-state index contributed by atoms with van der Waals surface area (Å²) in [7, 11) is 0. The molecule has 0 radical (unpaired) electrons. The Balaban J connectivity index is 1.45. The molecule has 0 aromatic carbocycles. The predicted molar refractivity (Wildman–Crippen MR) is 113 cm³/mol. The van der Waals surface area contributed by atoms with Crippen LogP contribution in [0.4, 0.5) is 0 Å². The average Bonchev–Trinajstić information content (AvgIpc) is 3.41. The molecule has 4 nitrogen and oxygen atoms in total. The van der Waals surface area contributed by atoms with Crippen molar-refractivity contribution in [2.45, 2.75) is 76.0 Å². The Morgan fingerprint density at radius 2 is 2.04 bits per heavy atom. The quantitative estimate of drug-likeness (QED) is 0.617. The van der Waals surface area contributed by atoms with Crippen LogP contribution in [0, 0.1) is 13.8 Å². The number of carbonyl (C=O) groups is 1. The van der Waals surface area contributed by atoms with Gasteiger partial charge in [0.15, 0.2) is 5.16 Å². The first-order chi connectivity index (χ1) is 13.1. The fraction of sp³-hybridized carbons (Fsp3) is 0.619. The van der Waals surface area contributed by atoms with Gasteiger partial charge in [-0.1, -0.05) is 37.1 Å². The number of thiophene rings is 1. The molecule has 27 heavy (non-hydrogen) atoms. The Bertz CT molecular complexity index is 778. The lowest BCUT2D eigenvalue weighted by molar-refractivity contribution is -0.129. The third-order valence-electron chi connectivity index (χ3n) is 6.06. The van der Waals surface area contributed by atoms with Gasteiger partial charge in [0.1, 0.15) is 0 Å². The molecular weight excluding hydrogens is 374 g/mol. The number of hydrogen-bond acceptors (Lipinski definition) is 4. The molecule has 1 atom stereocenters. The number of likely N-dealkylation sites (tertiary alicyclic amines) is 1. The summed E-state index contributed by atoms with van der Waals surface area (Å²) in [5.41, 5.74) is 2.38. The van der Waals surface area contributed by atoms with Crippen molar-refractivity contribution in [1.82, 2.24) is 14.5 Å². The minimum atomic E-state index is 0.254. The number of carbonyl (C=O) groups excluding carboxylic acids is 1. The molecule has 2 aliphatic rings. The zero-order chi connectivity index (χ0) is 18.8. The first-order valence-corrected chi connectivity index (χ1v) is 12.0. The summed E-state index contributed by atoms with van der Waals surface area (Å²) in [6.45, 7) is 5.15. The Morgan fingerprint density at radius 3 is 2.78 bits per heavy atom. The Morgan fingerprint density at radius 1 is 1.22 bits per heavy atom. The van der Waals surface area contributed by atoms with Crippen LogP contribution in [0.3, 0.4) is 0 Å². The van der Waals surface area contributed by atoms with Crippen molar-refractivity contribution in [1.29, 1.82) is 0 Å². The first kappa shape index (κ1) is 19.1. The molecule has 1 aliphatic carbocycles. The molecule has 1 saturated heterocycles. The first-order valence-electron chi connectivity index (χ1n) is 10.2. The highest BCUT2D eigenvalue weighted by atomic mass is 32.2. The van der Waals surface area contributed by atoms with Gasteiger partial charge in [-0.3, -0.25) is 4.79 Å². The van der Waals surface area contributed by atoms with Gasteiger partial charge in [0.2, 0.25) is 5.91 Å². The highest BCUT2D eigenvalue weighted by Gasteiger charge is 2.31. The van der Waals surface area contributed by atoms with Gasteiger partial charge < -0.3 is 9.47 Å². The predicted octanol–water partition coefficient (Wildman–Crippen LogP) is 5.52. The van der Waals surface area contributed by atoms with E-state index in [1.807, 2.05) is 0 Å². The van der Waals surface area contributed by atoms with Crippen LogP contribution in [0.25, 0.3) is 0 Å². The zero-order valence-corrected chi connectivity index (χ0v) is 18.0. The Hall–Kier alpha value is -1.27. The monoisotopic (exact) mass is 403 g/mol. The van der Waals surface area contributed by atoms with Crippen molar-refractivity contribution < 1.29 is 4.79 Å². The van der Waals surface area contributed by atoms with E-state index in [-0.39, 0.29) is 11.9 Å². The summed E-state index contributed by atoms with van der Waals surface area (Å²) in [5, 5.41) is 3.15. The van der Waals surface area contributed by atoms with Crippen LogP contribution in [-0.2, 0) is 4.79 Å². The maximum Gasteiger partial charge on any atom is 0.233 e. The molecule has 3 heterocycles. The smallest absolute Gasteiger partial charge is 0.233 e. The molecule has 2 aromatic heterocycles. The lowest BCUT2D eigenvalue weighted by Gasteiger charge is -2.26. The SMILES string of the molecule is Cc1nc(SCC(=O)N2CCCC2c2cccs2)n(C2CCCCC2)c1C. The van der Waals surface area contributed by atoms with Gasteiger partial charge in [0, 0.05) is 23.2 Å². The van der Waals surface area contributed by atoms with Gasteiger partial charge >= 0.3 is 0 Å². The van der Waals surface area contributed by atoms with Crippen LogP contribution >= 0.6 is 23.1 Å². The molecule has 6 heteroatoms. The minimum Gasteiger partial charge on any atom is -0.334 e. The number of thioether (sulfide) groups is 1. The van der Waals surface area contributed by atoms with Crippen LogP contribution in [0.15, 0.2) is 22.7 Å². The molecule has 1 saturated carbocycles. The van der Waals surface area contributed by atoms with Crippen LogP contribution in [0.1, 0.15) is 73.3 Å². The molecule has 2 aromatic rings. The van der Waals surface area contributed by atoms with E-state index in [9.17, 15) is 4.79 Å². The van der Waals surface area contributed by atoms with E-state index in [2.05, 4.69) is 40.8 Å². The largest absolute Gasteiger partial charge is 0.334 e. The molecular formula is C21H29N3OS2. The molecule has 1 amide bonds. The van der Waals surface area contributed by atoms with E-state index >= 15 is 0 Å². The van der Waals surface area contributed by atoms with Crippen molar-refractivity contribution in [3.8, 4) is 0 Å². The summed E-state index contributed by atoms with van der Waals surface area (Å²) >= 11 is 3.40. The van der Waals surface area contributed by atoms with Gasteiger partial charge in [0.25, 0.3) is 0 Å².